The van der Waals surface area contributed by atoms with E-state index in [1.807, 2.05) is 30.3 Å². The lowest BCUT2D eigenvalue weighted by atomic mass is 9.81. The fraction of sp³-hybridized carbons (Fsp3) is 0.292. The number of rotatable bonds is 7. The van der Waals surface area contributed by atoms with Crippen molar-refractivity contribution in [3.63, 3.8) is 0 Å². The van der Waals surface area contributed by atoms with Crippen LogP contribution in [0, 0.1) is 0 Å². The van der Waals surface area contributed by atoms with E-state index in [1.54, 1.807) is 37.3 Å². The SMILES string of the molecule is CCOC(=O)c1cnc(NC2(c3ccccc3)CCN(S(=O)(=O)c3ccccc3)CC2)nc1. The first-order valence-corrected chi connectivity index (χ1v) is 12.3. The molecular formula is C24H26N4O4S. The van der Waals surface area contributed by atoms with Crippen molar-refractivity contribution < 1.29 is 17.9 Å². The van der Waals surface area contributed by atoms with Gasteiger partial charge in [0.05, 0.1) is 22.6 Å². The molecule has 0 atom stereocenters. The molecule has 3 aromatic rings. The second-order valence-electron chi connectivity index (χ2n) is 7.81. The average Bonchev–Trinajstić information content (AvgIpc) is 2.86. The number of carbonyl (C=O) groups excluding carboxylic acids is 1. The van der Waals surface area contributed by atoms with Crippen molar-refractivity contribution in [3.05, 3.63) is 84.2 Å². The van der Waals surface area contributed by atoms with Crippen LogP contribution in [0.2, 0.25) is 0 Å². The lowest BCUT2D eigenvalue weighted by Gasteiger charge is -2.42. The minimum Gasteiger partial charge on any atom is -0.462 e. The third-order valence-electron chi connectivity index (χ3n) is 5.80. The van der Waals surface area contributed by atoms with Crippen LogP contribution in [-0.2, 0) is 20.3 Å². The highest BCUT2D eigenvalue weighted by molar-refractivity contribution is 7.89. The molecule has 0 aliphatic carbocycles. The smallest absolute Gasteiger partial charge is 0.341 e. The molecule has 4 rings (SSSR count). The van der Waals surface area contributed by atoms with E-state index in [0.717, 1.165) is 5.56 Å². The second-order valence-corrected chi connectivity index (χ2v) is 9.74. The van der Waals surface area contributed by atoms with Crippen molar-refractivity contribution in [1.29, 1.82) is 0 Å². The molecule has 0 amide bonds. The van der Waals surface area contributed by atoms with E-state index in [-0.39, 0.29) is 12.2 Å². The molecule has 1 N–H and O–H groups in total. The van der Waals surface area contributed by atoms with E-state index in [1.165, 1.54) is 16.7 Å². The Morgan fingerprint density at radius 3 is 2.15 bits per heavy atom. The summed E-state index contributed by atoms with van der Waals surface area (Å²) >= 11 is 0. The topological polar surface area (TPSA) is 101 Å². The number of anilines is 1. The molecule has 2 heterocycles. The van der Waals surface area contributed by atoms with Crippen LogP contribution in [0.3, 0.4) is 0 Å². The standard InChI is InChI=1S/C24H26N4O4S/c1-2-32-22(29)19-17-25-23(26-18-19)27-24(20-9-5-3-6-10-20)13-15-28(16-14-24)33(30,31)21-11-7-4-8-12-21/h3-12,17-18H,2,13-16H2,1H3,(H,25,26,27). The Kier molecular flexibility index (Phi) is 6.71. The molecule has 9 heteroatoms. The summed E-state index contributed by atoms with van der Waals surface area (Å²) in [6.45, 7) is 2.71. The van der Waals surface area contributed by atoms with Gasteiger partial charge in [0, 0.05) is 25.5 Å². The molecule has 1 fully saturated rings. The Morgan fingerprint density at radius 1 is 1.00 bits per heavy atom. The van der Waals surface area contributed by atoms with E-state index in [4.69, 9.17) is 4.74 Å². The number of aromatic nitrogens is 2. The first kappa shape index (κ1) is 22.9. The van der Waals surface area contributed by atoms with Crippen LogP contribution >= 0.6 is 0 Å². The highest BCUT2D eigenvalue weighted by atomic mass is 32.2. The Bertz CT molecular complexity index is 1180. The van der Waals surface area contributed by atoms with Gasteiger partial charge in [0.25, 0.3) is 0 Å². The molecule has 1 aliphatic heterocycles. The Balaban J connectivity index is 1.57. The van der Waals surface area contributed by atoms with Crippen molar-refractivity contribution in [2.75, 3.05) is 25.0 Å². The zero-order chi connectivity index (χ0) is 23.3. The normalized spacial score (nSPS) is 16.2. The largest absolute Gasteiger partial charge is 0.462 e. The lowest BCUT2D eigenvalue weighted by Crippen LogP contribution is -2.49. The molecule has 0 saturated carbocycles. The molecule has 1 aliphatic rings. The van der Waals surface area contributed by atoms with Gasteiger partial charge in [-0.2, -0.15) is 4.31 Å². The molecule has 1 aromatic heterocycles. The van der Waals surface area contributed by atoms with Gasteiger partial charge in [-0.25, -0.2) is 23.2 Å². The first-order chi connectivity index (χ1) is 15.9. The van der Waals surface area contributed by atoms with Crippen LogP contribution in [0.1, 0.15) is 35.7 Å². The molecule has 1 saturated heterocycles. The number of hydrogen-bond donors (Lipinski definition) is 1. The van der Waals surface area contributed by atoms with Gasteiger partial charge in [0.2, 0.25) is 16.0 Å². The minimum absolute atomic E-state index is 0.276. The number of carbonyl (C=O) groups is 1. The van der Waals surface area contributed by atoms with Crippen LogP contribution in [0.15, 0.2) is 78.0 Å². The number of nitrogens with one attached hydrogen (secondary N) is 1. The van der Waals surface area contributed by atoms with Gasteiger partial charge in [0.15, 0.2) is 0 Å². The quantitative estimate of drug-likeness (QED) is 0.532. The predicted molar refractivity (Wildman–Crippen MR) is 124 cm³/mol. The number of piperidine rings is 1. The fourth-order valence-corrected chi connectivity index (χ4v) is 5.48. The van der Waals surface area contributed by atoms with E-state index in [2.05, 4.69) is 15.3 Å². The van der Waals surface area contributed by atoms with E-state index >= 15 is 0 Å². The maximum absolute atomic E-state index is 13.1. The zero-order valence-corrected chi connectivity index (χ0v) is 19.2. The Morgan fingerprint density at radius 2 is 1.58 bits per heavy atom. The molecular weight excluding hydrogens is 440 g/mol. The number of esters is 1. The third kappa shape index (κ3) is 4.89. The third-order valence-corrected chi connectivity index (χ3v) is 7.71. The summed E-state index contributed by atoms with van der Waals surface area (Å²) in [6.07, 6.45) is 3.93. The summed E-state index contributed by atoms with van der Waals surface area (Å²) < 4.78 is 32.7. The van der Waals surface area contributed by atoms with Gasteiger partial charge in [-0.1, -0.05) is 48.5 Å². The van der Waals surface area contributed by atoms with Crippen LogP contribution < -0.4 is 5.32 Å². The van der Waals surface area contributed by atoms with Crippen LogP contribution in [-0.4, -0.2) is 48.4 Å². The van der Waals surface area contributed by atoms with E-state index in [9.17, 15) is 13.2 Å². The number of ether oxygens (including phenoxy) is 1. The summed E-state index contributed by atoms with van der Waals surface area (Å²) in [4.78, 5) is 20.8. The monoisotopic (exact) mass is 466 g/mol. The summed E-state index contributed by atoms with van der Waals surface area (Å²) in [6, 6.07) is 18.4. The summed E-state index contributed by atoms with van der Waals surface area (Å²) in [5.74, 6) is -0.104. The maximum atomic E-state index is 13.1. The van der Waals surface area contributed by atoms with Gasteiger partial charge in [-0.05, 0) is 37.5 Å². The van der Waals surface area contributed by atoms with Gasteiger partial charge in [-0.15, -0.1) is 0 Å². The van der Waals surface area contributed by atoms with Crippen molar-refractivity contribution in [1.82, 2.24) is 14.3 Å². The number of benzene rings is 2. The van der Waals surface area contributed by atoms with Crippen molar-refractivity contribution in [2.45, 2.75) is 30.2 Å². The molecule has 8 nitrogen and oxygen atoms in total. The predicted octanol–water partition coefficient (Wildman–Crippen LogP) is 3.45. The van der Waals surface area contributed by atoms with Crippen LogP contribution in [0.5, 0.6) is 0 Å². The number of nitrogens with zero attached hydrogens (tertiary/aromatic N) is 3. The van der Waals surface area contributed by atoms with Crippen LogP contribution in [0.25, 0.3) is 0 Å². The summed E-state index contributed by atoms with van der Waals surface area (Å²) in [5.41, 5.74) is 0.759. The molecule has 0 spiro atoms. The van der Waals surface area contributed by atoms with Gasteiger partial charge in [0.1, 0.15) is 0 Å². The van der Waals surface area contributed by atoms with Crippen molar-refractivity contribution >= 4 is 21.9 Å². The zero-order valence-electron chi connectivity index (χ0n) is 18.3. The Hall–Kier alpha value is -3.30. The Labute approximate surface area is 193 Å². The second kappa shape index (κ2) is 9.68. The molecule has 0 bridgehead atoms. The van der Waals surface area contributed by atoms with E-state index < -0.39 is 21.5 Å². The molecule has 0 unspecified atom stereocenters. The van der Waals surface area contributed by atoms with E-state index in [0.29, 0.717) is 36.8 Å². The molecule has 172 valence electrons. The highest BCUT2D eigenvalue weighted by Crippen LogP contribution is 2.37. The molecule has 2 aromatic carbocycles. The van der Waals surface area contributed by atoms with Crippen molar-refractivity contribution in [2.24, 2.45) is 0 Å². The van der Waals surface area contributed by atoms with Gasteiger partial charge >= 0.3 is 5.97 Å². The lowest BCUT2D eigenvalue weighted by molar-refractivity contribution is 0.0525. The fourth-order valence-electron chi connectivity index (χ4n) is 4.02. The highest BCUT2D eigenvalue weighted by Gasteiger charge is 2.40. The van der Waals surface area contributed by atoms with Gasteiger partial charge in [-0.3, -0.25) is 0 Å². The van der Waals surface area contributed by atoms with Crippen LogP contribution in [0.4, 0.5) is 5.95 Å². The first-order valence-electron chi connectivity index (χ1n) is 10.8. The molecule has 33 heavy (non-hydrogen) atoms. The molecule has 0 radical (unpaired) electrons. The summed E-state index contributed by atoms with van der Waals surface area (Å²) in [5, 5.41) is 3.42. The number of hydrogen-bond acceptors (Lipinski definition) is 7. The average molecular weight is 467 g/mol. The summed E-state index contributed by atoms with van der Waals surface area (Å²) in [7, 11) is -3.56. The minimum atomic E-state index is -3.56. The van der Waals surface area contributed by atoms with Crippen molar-refractivity contribution in [3.8, 4) is 0 Å². The maximum Gasteiger partial charge on any atom is 0.341 e. The van der Waals surface area contributed by atoms with Gasteiger partial charge < -0.3 is 10.1 Å². The number of sulfonamides is 1.